The minimum Gasteiger partial charge on any atom is -0.393 e. The van der Waals surface area contributed by atoms with Gasteiger partial charge in [0.25, 0.3) is 0 Å². The molecule has 1 atom stereocenters. The Balaban J connectivity index is 1.50. The molecule has 4 nitrogen and oxygen atoms in total. The van der Waals surface area contributed by atoms with Gasteiger partial charge in [-0.3, -0.25) is 4.79 Å². The van der Waals surface area contributed by atoms with Gasteiger partial charge in [0.15, 0.2) is 0 Å². The molecule has 1 aromatic carbocycles. The first-order chi connectivity index (χ1) is 12.5. The van der Waals surface area contributed by atoms with Crippen molar-refractivity contribution in [2.45, 2.75) is 64.0 Å². The molecule has 2 aliphatic heterocycles. The van der Waals surface area contributed by atoms with Crippen molar-refractivity contribution in [2.24, 2.45) is 5.41 Å². The summed E-state index contributed by atoms with van der Waals surface area (Å²) in [5, 5.41) is 10.5. The van der Waals surface area contributed by atoms with Crippen LogP contribution in [0.5, 0.6) is 0 Å². The van der Waals surface area contributed by atoms with E-state index in [2.05, 4.69) is 22.8 Å². The van der Waals surface area contributed by atoms with Crippen molar-refractivity contribution in [3.05, 3.63) is 28.8 Å². The lowest BCUT2D eigenvalue weighted by Crippen LogP contribution is -2.50. The number of nitrogens with zero attached hydrogens (tertiary/aromatic N) is 2. The van der Waals surface area contributed by atoms with Gasteiger partial charge in [-0.1, -0.05) is 11.6 Å². The Morgan fingerprint density at radius 2 is 1.92 bits per heavy atom. The molecule has 1 N–H and O–H groups in total. The van der Waals surface area contributed by atoms with Crippen molar-refractivity contribution >= 4 is 23.2 Å². The molecule has 3 aliphatic rings. The third-order valence-electron chi connectivity index (χ3n) is 6.73. The van der Waals surface area contributed by atoms with E-state index in [0.29, 0.717) is 11.9 Å². The first-order valence-corrected chi connectivity index (χ1v) is 10.4. The Morgan fingerprint density at radius 1 is 1.15 bits per heavy atom. The summed E-state index contributed by atoms with van der Waals surface area (Å²) in [5.41, 5.74) is 2.17. The third kappa shape index (κ3) is 3.22. The van der Waals surface area contributed by atoms with Crippen molar-refractivity contribution in [2.75, 3.05) is 24.5 Å². The maximum absolute atomic E-state index is 13.4. The van der Waals surface area contributed by atoms with Gasteiger partial charge in [0.2, 0.25) is 5.91 Å². The Kier molecular flexibility index (Phi) is 4.91. The minimum absolute atomic E-state index is 0.170. The second-order valence-electron chi connectivity index (χ2n) is 8.45. The standard InChI is InChI=1S/C21H29ClN2O2/c1-15-13-16(22)3-8-19(15)23-11-2-9-21(14-23)10-12-24(20(21)26)17-4-6-18(25)7-5-17/h3,8,13,17-18,25H,2,4-7,9-12,14H2,1H3/t17-,18-,21-/m0/s1. The summed E-state index contributed by atoms with van der Waals surface area (Å²) in [6, 6.07) is 6.38. The summed E-state index contributed by atoms with van der Waals surface area (Å²) in [6.45, 7) is 4.80. The van der Waals surface area contributed by atoms with E-state index in [9.17, 15) is 9.90 Å². The molecule has 1 spiro atoms. The lowest BCUT2D eigenvalue weighted by Gasteiger charge is -2.42. The molecule has 1 amide bonds. The number of piperidine rings is 1. The maximum atomic E-state index is 13.4. The van der Waals surface area contributed by atoms with Crippen LogP contribution in [0.4, 0.5) is 5.69 Å². The smallest absolute Gasteiger partial charge is 0.230 e. The topological polar surface area (TPSA) is 43.8 Å². The van der Waals surface area contributed by atoms with Crippen molar-refractivity contribution in [3.8, 4) is 0 Å². The number of benzene rings is 1. The Labute approximate surface area is 161 Å². The first-order valence-electron chi connectivity index (χ1n) is 9.99. The number of anilines is 1. The number of rotatable bonds is 2. The van der Waals surface area contributed by atoms with Gasteiger partial charge in [0.05, 0.1) is 11.5 Å². The molecule has 3 fully saturated rings. The SMILES string of the molecule is Cc1cc(Cl)ccc1N1CCC[C@]2(CCN([C@H]3CC[C@H](O)CC3)C2=O)C1. The van der Waals surface area contributed by atoms with Crippen LogP contribution in [0, 0.1) is 12.3 Å². The zero-order chi connectivity index (χ0) is 18.3. The number of halogens is 1. The molecule has 142 valence electrons. The lowest BCUT2D eigenvalue weighted by molar-refractivity contribution is -0.139. The number of aliphatic hydroxyl groups is 1. The van der Waals surface area contributed by atoms with Gasteiger partial charge in [-0.05, 0) is 75.6 Å². The molecule has 26 heavy (non-hydrogen) atoms. The van der Waals surface area contributed by atoms with Crippen molar-refractivity contribution in [1.82, 2.24) is 4.90 Å². The van der Waals surface area contributed by atoms with E-state index >= 15 is 0 Å². The summed E-state index contributed by atoms with van der Waals surface area (Å²) in [7, 11) is 0. The van der Waals surface area contributed by atoms with Gasteiger partial charge in [-0.15, -0.1) is 0 Å². The molecular formula is C21H29ClN2O2. The molecule has 0 radical (unpaired) electrons. The lowest BCUT2D eigenvalue weighted by atomic mass is 9.78. The van der Waals surface area contributed by atoms with Gasteiger partial charge in [-0.25, -0.2) is 0 Å². The predicted octanol–water partition coefficient (Wildman–Crippen LogP) is 3.77. The minimum atomic E-state index is -0.222. The molecule has 1 aromatic rings. The predicted molar refractivity (Wildman–Crippen MR) is 105 cm³/mol. The Hall–Kier alpha value is -1.26. The number of aliphatic hydroxyl groups excluding tert-OH is 1. The van der Waals surface area contributed by atoms with Crippen molar-refractivity contribution < 1.29 is 9.90 Å². The summed E-state index contributed by atoms with van der Waals surface area (Å²) in [6.07, 6.45) is 6.41. The number of carbonyl (C=O) groups is 1. The molecule has 0 unspecified atom stereocenters. The van der Waals surface area contributed by atoms with E-state index in [1.807, 2.05) is 12.1 Å². The van der Waals surface area contributed by atoms with Crippen molar-refractivity contribution in [3.63, 3.8) is 0 Å². The zero-order valence-electron chi connectivity index (χ0n) is 15.6. The Morgan fingerprint density at radius 3 is 2.65 bits per heavy atom. The van der Waals surface area contributed by atoms with Crippen LogP contribution < -0.4 is 4.90 Å². The van der Waals surface area contributed by atoms with Gasteiger partial charge in [-0.2, -0.15) is 0 Å². The van der Waals surface area contributed by atoms with Gasteiger partial charge < -0.3 is 14.9 Å². The normalized spacial score (nSPS) is 32.5. The highest BCUT2D eigenvalue weighted by Crippen LogP contribution is 2.44. The summed E-state index contributed by atoms with van der Waals surface area (Å²) < 4.78 is 0. The van der Waals surface area contributed by atoms with Gasteiger partial charge >= 0.3 is 0 Å². The number of aryl methyl sites for hydroxylation is 1. The summed E-state index contributed by atoms with van der Waals surface area (Å²) >= 11 is 6.12. The first kappa shape index (κ1) is 18.1. The van der Waals surface area contributed by atoms with E-state index < -0.39 is 0 Å². The molecule has 0 bridgehead atoms. The van der Waals surface area contributed by atoms with Crippen LogP contribution in [-0.2, 0) is 4.79 Å². The van der Waals surface area contributed by atoms with Crippen LogP contribution in [0.3, 0.4) is 0 Å². The summed E-state index contributed by atoms with van der Waals surface area (Å²) in [4.78, 5) is 17.9. The van der Waals surface area contributed by atoms with E-state index in [4.69, 9.17) is 11.6 Å². The number of hydrogen-bond acceptors (Lipinski definition) is 3. The number of likely N-dealkylation sites (tertiary alicyclic amines) is 1. The average Bonchev–Trinajstić information content (AvgIpc) is 2.92. The second kappa shape index (κ2) is 7.05. The molecule has 1 aliphatic carbocycles. The quantitative estimate of drug-likeness (QED) is 0.854. The van der Waals surface area contributed by atoms with E-state index in [1.54, 1.807) is 0 Å². The largest absolute Gasteiger partial charge is 0.393 e. The van der Waals surface area contributed by atoms with Crippen LogP contribution in [0.1, 0.15) is 50.5 Å². The molecule has 2 heterocycles. The Bertz CT molecular complexity index is 687. The van der Waals surface area contributed by atoms with E-state index in [0.717, 1.165) is 69.6 Å². The van der Waals surface area contributed by atoms with Gasteiger partial charge in [0, 0.05) is 36.4 Å². The molecule has 5 heteroatoms. The van der Waals surface area contributed by atoms with Crippen LogP contribution >= 0.6 is 11.6 Å². The zero-order valence-corrected chi connectivity index (χ0v) is 16.3. The van der Waals surface area contributed by atoms with E-state index in [1.165, 1.54) is 11.3 Å². The second-order valence-corrected chi connectivity index (χ2v) is 8.88. The molecule has 0 aromatic heterocycles. The molecular weight excluding hydrogens is 348 g/mol. The van der Waals surface area contributed by atoms with Crippen molar-refractivity contribution in [1.29, 1.82) is 0 Å². The number of carbonyl (C=O) groups excluding carboxylic acids is 1. The fraction of sp³-hybridized carbons (Fsp3) is 0.667. The van der Waals surface area contributed by atoms with Crippen LogP contribution in [0.15, 0.2) is 18.2 Å². The average molecular weight is 377 g/mol. The third-order valence-corrected chi connectivity index (χ3v) is 6.96. The monoisotopic (exact) mass is 376 g/mol. The van der Waals surface area contributed by atoms with Crippen LogP contribution in [0.2, 0.25) is 5.02 Å². The highest BCUT2D eigenvalue weighted by molar-refractivity contribution is 6.30. The van der Waals surface area contributed by atoms with E-state index in [-0.39, 0.29) is 11.5 Å². The highest BCUT2D eigenvalue weighted by atomic mass is 35.5. The van der Waals surface area contributed by atoms with Crippen LogP contribution in [0.25, 0.3) is 0 Å². The number of hydrogen-bond donors (Lipinski definition) is 1. The fourth-order valence-electron chi connectivity index (χ4n) is 5.26. The summed E-state index contributed by atoms with van der Waals surface area (Å²) in [5.74, 6) is 0.357. The molecule has 2 saturated heterocycles. The highest BCUT2D eigenvalue weighted by Gasteiger charge is 2.50. The molecule has 4 rings (SSSR count). The number of amides is 1. The van der Waals surface area contributed by atoms with Crippen LogP contribution in [-0.4, -0.2) is 47.7 Å². The fourth-order valence-corrected chi connectivity index (χ4v) is 5.48. The maximum Gasteiger partial charge on any atom is 0.230 e. The molecule has 1 saturated carbocycles. The van der Waals surface area contributed by atoms with Gasteiger partial charge in [0.1, 0.15) is 0 Å².